The highest BCUT2D eigenvalue weighted by atomic mass is 16.5. The predicted octanol–water partition coefficient (Wildman–Crippen LogP) is 2.99. The van der Waals surface area contributed by atoms with Gasteiger partial charge in [0, 0.05) is 24.3 Å². The van der Waals surface area contributed by atoms with Crippen molar-refractivity contribution in [3.8, 4) is 0 Å². The van der Waals surface area contributed by atoms with Gasteiger partial charge in [0.25, 0.3) is 0 Å². The first-order valence-corrected chi connectivity index (χ1v) is 8.06. The molecule has 0 bridgehead atoms. The lowest BCUT2D eigenvalue weighted by molar-refractivity contribution is -0.141. The monoisotopic (exact) mass is 314 g/mol. The molecule has 1 fully saturated rings. The molecule has 1 saturated heterocycles. The van der Waals surface area contributed by atoms with Crippen LogP contribution in [0.15, 0.2) is 36.1 Å². The molecule has 4 nitrogen and oxygen atoms in total. The number of hydrogen-bond acceptors (Lipinski definition) is 4. The van der Waals surface area contributed by atoms with Crippen molar-refractivity contribution in [3.63, 3.8) is 0 Å². The summed E-state index contributed by atoms with van der Waals surface area (Å²) >= 11 is 0. The number of ether oxygens (including phenoxy) is 2. The van der Waals surface area contributed by atoms with Gasteiger partial charge in [-0.15, -0.1) is 0 Å². The van der Waals surface area contributed by atoms with Crippen molar-refractivity contribution < 1.29 is 19.1 Å². The van der Waals surface area contributed by atoms with E-state index in [0.717, 1.165) is 25.0 Å². The number of carbonyl (C=O) groups is 2. The number of carbonyl (C=O) groups excluding carboxylic acids is 2. The van der Waals surface area contributed by atoms with Crippen LogP contribution >= 0.6 is 0 Å². The first kappa shape index (κ1) is 15.8. The van der Waals surface area contributed by atoms with E-state index in [4.69, 9.17) is 4.74 Å². The Morgan fingerprint density at radius 1 is 1.22 bits per heavy atom. The lowest BCUT2D eigenvalue weighted by Gasteiger charge is -2.25. The van der Waals surface area contributed by atoms with Crippen LogP contribution in [0.4, 0.5) is 0 Å². The predicted molar refractivity (Wildman–Crippen MR) is 85.8 cm³/mol. The van der Waals surface area contributed by atoms with Crippen LogP contribution in [0, 0.1) is 5.41 Å². The largest absolute Gasteiger partial charge is 0.494 e. The maximum atomic E-state index is 12.0. The van der Waals surface area contributed by atoms with Gasteiger partial charge in [-0.3, -0.25) is 9.59 Å². The van der Waals surface area contributed by atoms with E-state index >= 15 is 0 Å². The molecule has 1 heterocycles. The van der Waals surface area contributed by atoms with Gasteiger partial charge >= 0.3 is 5.97 Å². The summed E-state index contributed by atoms with van der Waals surface area (Å²) in [5.74, 6) is 0.311. The van der Waals surface area contributed by atoms with Crippen LogP contribution in [0.5, 0.6) is 0 Å². The second kappa shape index (κ2) is 6.19. The summed E-state index contributed by atoms with van der Waals surface area (Å²) in [6, 6.07) is 8.51. The average molecular weight is 314 g/mol. The molecule has 0 saturated carbocycles. The zero-order chi connectivity index (χ0) is 16.4. The molecule has 0 amide bonds. The number of benzene rings is 1. The summed E-state index contributed by atoms with van der Waals surface area (Å²) in [6.45, 7) is 2.09. The summed E-state index contributed by atoms with van der Waals surface area (Å²) in [5, 5.41) is 0. The molecule has 0 aromatic heterocycles. The molecule has 0 N–H and O–H groups in total. The summed E-state index contributed by atoms with van der Waals surface area (Å²) < 4.78 is 10.5. The molecule has 3 rings (SSSR count). The van der Waals surface area contributed by atoms with Crippen molar-refractivity contribution in [3.05, 3.63) is 47.2 Å². The molecule has 23 heavy (non-hydrogen) atoms. The van der Waals surface area contributed by atoms with E-state index in [-0.39, 0.29) is 36.1 Å². The van der Waals surface area contributed by atoms with E-state index in [0.29, 0.717) is 0 Å². The fourth-order valence-corrected chi connectivity index (χ4v) is 3.68. The molecule has 1 aromatic rings. The van der Waals surface area contributed by atoms with Crippen LogP contribution < -0.4 is 0 Å². The van der Waals surface area contributed by atoms with Crippen LogP contribution in [-0.2, 0) is 31.9 Å². The molecular formula is C19H22O4. The van der Waals surface area contributed by atoms with E-state index in [2.05, 4.69) is 35.9 Å². The smallest absolute Gasteiger partial charge is 0.305 e. The van der Waals surface area contributed by atoms with Crippen LogP contribution in [-0.4, -0.2) is 25.0 Å². The Bertz CT molecular complexity index is 634. The van der Waals surface area contributed by atoms with Crippen molar-refractivity contribution in [2.24, 2.45) is 5.41 Å². The summed E-state index contributed by atoms with van der Waals surface area (Å²) in [7, 11) is 1.33. The van der Waals surface area contributed by atoms with E-state index < -0.39 is 0 Å². The van der Waals surface area contributed by atoms with Gasteiger partial charge in [-0.1, -0.05) is 24.3 Å². The SMILES string of the molecule is COC(=O)CCC(=O)/C=C1/CC2(Cc3ccccc3C2)C(C)O1. The van der Waals surface area contributed by atoms with Gasteiger partial charge in [0.15, 0.2) is 5.78 Å². The second-order valence-corrected chi connectivity index (χ2v) is 6.57. The minimum Gasteiger partial charge on any atom is -0.494 e. The third kappa shape index (κ3) is 3.16. The Hall–Kier alpha value is -2.10. The Kier molecular flexibility index (Phi) is 4.24. The van der Waals surface area contributed by atoms with E-state index in [1.54, 1.807) is 6.08 Å². The van der Waals surface area contributed by atoms with Gasteiger partial charge in [-0.2, -0.15) is 0 Å². The fraction of sp³-hybridized carbons (Fsp3) is 0.474. The first-order chi connectivity index (χ1) is 11.0. The molecule has 1 aliphatic carbocycles. The van der Waals surface area contributed by atoms with Crippen molar-refractivity contribution in [1.82, 2.24) is 0 Å². The van der Waals surface area contributed by atoms with Gasteiger partial charge < -0.3 is 9.47 Å². The maximum Gasteiger partial charge on any atom is 0.305 e. The standard InChI is InChI=1S/C19H22O4/c1-13-19(10-14-5-3-4-6-15(14)11-19)12-17(23-13)9-16(20)7-8-18(21)22-2/h3-6,9,13H,7-8,10-12H2,1-2H3/b17-9-. The van der Waals surface area contributed by atoms with Crippen LogP contribution in [0.2, 0.25) is 0 Å². The van der Waals surface area contributed by atoms with Gasteiger partial charge in [0.05, 0.1) is 13.5 Å². The van der Waals surface area contributed by atoms with Crippen molar-refractivity contribution in [2.45, 2.75) is 45.1 Å². The number of fused-ring (bicyclic) bond motifs is 1. The second-order valence-electron chi connectivity index (χ2n) is 6.57. The van der Waals surface area contributed by atoms with Crippen LogP contribution in [0.1, 0.15) is 37.3 Å². The highest BCUT2D eigenvalue weighted by Gasteiger charge is 2.48. The molecule has 122 valence electrons. The molecule has 2 aliphatic rings. The molecule has 1 spiro atoms. The van der Waals surface area contributed by atoms with Crippen molar-refractivity contribution in [2.75, 3.05) is 7.11 Å². The Morgan fingerprint density at radius 3 is 2.48 bits per heavy atom. The number of esters is 1. The summed E-state index contributed by atoms with van der Waals surface area (Å²) in [6.07, 6.45) is 4.72. The average Bonchev–Trinajstić information content (AvgIpc) is 3.04. The molecule has 0 radical (unpaired) electrons. The van der Waals surface area contributed by atoms with E-state index in [9.17, 15) is 9.59 Å². The summed E-state index contributed by atoms with van der Waals surface area (Å²) in [5.41, 5.74) is 2.85. The minimum absolute atomic E-state index is 0.0676. The van der Waals surface area contributed by atoms with Gasteiger partial charge in [-0.05, 0) is 30.9 Å². The van der Waals surface area contributed by atoms with E-state index in [1.807, 2.05) is 0 Å². The molecule has 4 heteroatoms. The zero-order valence-corrected chi connectivity index (χ0v) is 13.6. The lowest BCUT2D eigenvalue weighted by Crippen LogP contribution is -2.29. The Labute approximate surface area is 136 Å². The van der Waals surface area contributed by atoms with Gasteiger partial charge in [0.1, 0.15) is 11.9 Å². The molecule has 1 atom stereocenters. The third-order valence-electron chi connectivity index (χ3n) is 5.05. The normalized spacial score (nSPS) is 22.9. The topological polar surface area (TPSA) is 52.6 Å². The number of hydrogen-bond donors (Lipinski definition) is 0. The highest BCUT2D eigenvalue weighted by Crippen LogP contribution is 2.50. The molecule has 1 aromatic carbocycles. The maximum absolute atomic E-state index is 12.0. The van der Waals surface area contributed by atoms with Crippen molar-refractivity contribution in [1.29, 1.82) is 0 Å². The van der Waals surface area contributed by atoms with Crippen molar-refractivity contribution >= 4 is 11.8 Å². The highest BCUT2D eigenvalue weighted by molar-refractivity contribution is 5.92. The first-order valence-electron chi connectivity index (χ1n) is 8.06. The minimum atomic E-state index is -0.361. The van der Waals surface area contributed by atoms with Gasteiger partial charge in [-0.25, -0.2) is 0 Å². The van der Waals surface area contributed by atoms with E-state index in [1.165, 1.54) is 18.2 Å². The quantitative estimate of drug-likeness (QED) is 0.633. The number of rotatable bonds is 4. The number of methoxy groups -OCH3 is 1. The third-order valence-corrected chi connectivity index (χ3v) is 5.05. The molecular weight excluding hydrogens is 292 g/mol. The lowest BCUT2D eigenvalue weighted by atomic mass is 9.78. The van der Waals surface area contributed by atoms with Crippen LogP contribution in [0.25, 0.3) is 0 Å². The zero-order valence-electron chi connectivity index (χ0n) is 13.6. The van der Waals surface area contributed by atoms with Crippen LogP contribution in [0.3, 0.4) is 0 Å². The van der Waals surface area contributed by atoms with Gasteiger partial charge in [0.2, 0.25) is 0 Å². The molecule has 1 aliphatic heterocycles. The summed E-state index contributed by atoms with van der Waals surface area (Å²) in [4.78, 5) is 23.1. The Balaban J connectivity index is 1.66. The molecule has 1 unspecified atom stereocenters. The number of allylic oxidation sites excluding steroid dienone is 2. The number of ketones is 1. The fourth-order valence-electron chi connectivity index (χ4n) is 3.68. The Morgan fingerprint density at radius 2 is 1.87 bits per heavy atom.